The van der Waals surface area contributed by atoms with Gasteiger partial charge in [-0.05, 0) is 48.9 Å². The topological polar surface area (TPSA) is 37.8 Å². The molecular weight excluding hydrogens is 382 g/mol. The number of nitrogens with zero attached hydrogens (tertiary/aromatic N) is 2. The molecule has 1 aromatic carbocycles. The molecule has 0 bridgehead atoms. The van der Waals surface area contributed by atoms with Gasteiger partial charge in [-0.1, -0.05) is 41.6 Å². The summed E-state index contributed by atoms with van der Waals surface area (Å²) >= 11 is 9.47. The van der Waals surface area contributed by atoms with E-state index in [1.165, 1.54) is 40.7 Å². The first-order valence-corrected chi connectivity index (χ1v) is 11.0. The smallest absolute Gasteiger partial charge is 0.191 e. The maximum absolute atomic E-state index is 5.97. The lowest BCUT2D eigenvalue weighted by atomic mass is 9.97. The number of thiophene rings is 1. The second-order valence-corrected chi connectivity index (χ2v) is 8.79. The van der Waals surface area contributed by atoms with Gasteiger partial charge in [-0.3, -0.25) is 0 Å². The van der Waals surface area contributed by atoms with Gasteiger partial charge in [-0.15, -0.1) is 17.9 Å². The maximum Gasteiger partial charge on any atom is 0.191 e. The van der Waals surface area contributed by atoms with Crippen LogP contribution >= 0.6 is 34.7 Å². The lowest BCUT2D eigenvalue weighted by Gasteiger charge is -2.12. The Bertz CT molecular complexity index is 934. The number of halogens is 1. The van der Waals surface area contributed by atoms with Gasteiger partial charge in [0, 0.05) is 22.2 Å². The van der Waals surface area contributed by atoms with Gasteiger partial charge in [0.25, 0.3) is 0 Å². The Hall–Kier alpha value is -1.56. The van der Waals surface area contributed by atoms with Crippen molar-refractivity contribution < 1.29 is 0 Å². The molecule has 0 spiro atoms. The van der Waals surface area contributed by atoms with Crippen LogP contribution in [0.15, 0.2) is 42.1 Å². The molecule has 2 heterocycles. The molecule has 3 aromatic rings. The van der Waals surface area contributed by atoms with Crippen molar-refractivity contribution in [1.82, 2.24) is 9.97 Å². The number of hydrogen-bond donors (Lipinski definition) is 1. The van der Waals surface area contributed by atoms with Crippen LogP contribution in [-0.4, -0.2) is 16.5 Å². The minimum Gasteiger partial charge on any atom is -0.366 e. The number of nitrogens with one attached hydrogen (secondary N) is 1. The van der Waals surface area contributed by atoms with Crippen LogP contribution in [0.1, 0.15) is 28.8 Å². The van der Waals surface area contributed by atoms with Crippen LogP contribution in [0.5, 0.6) is 0 Å². The number of rotatable bonds is 6. The number of thioether (sulfide) groups is 1. The average molecular weight is 402 g/mol. The molecule has 3 nitrogen and oxygen atoms in total. The Morgan fingerprint density at radius 3 is 2.81 bits per heavy atom. The van der Waals surface area contributed by atoms with Gasteiger partial charge < -0.3 is 5.32 Å². The van der Waals surface area contributed by atoms with Crippen LogP contribution in [-0.2, 0) is 18.6 Å². The fourth-order valence-electron chi connectivity index (χ4n) is 3.23. The van der Waals surface area contributed by atoms with E-state index < -0.39 is 0 Å². The standard InChI is InChI=1S/C20H20ClN3S2/c1-2-11-22-18-17-15-5-3-4-6-16(15)26-19(17)24-20(23-18)25-12-13-7-9-14(21)10-8-13/h2,7-10H,1,3-6,11-12H2,(H,22,23,24). The van der Waals surface area contributed by atoms with Gasteiger partial charge in [0.2, 0.25) is 0 Å². The molecule has 0 saturated heterocycles. The van der Waals surface area contributed by atoms with Crippen molar-refractivity contribution in [2.75, 3.05) is 11.9 Å². The Labute approximate surface area is 166 Å². The molecule has 1 aliphatic carbocycles. The largest absolute Gasteiger partial charge is 0.366 e. The van der Waals surface area contributed by atoms with Crippen molar-refractivity contribution in [3.05, 3.63) is 57.9 Å². The summed E-state index contributed by atoms with van der Waals surface area (Å²) in [5, 5.41) is 6.23. The van der Waals surface area contributed by atoms with Crippen molar-refractivity contribution >= 4 is 50.7 Å². The van der Waals surface area contributed by atoms with Crippen molar-refractivity contribution in [3.8, 4) is 0 Å². The zero-order valence-electron chi connectivity index (χ0n) is 14.4. The lowest BCUT2D eigenvalue weighted by molar-refractivity contribution is 0.700. The maximum atomic E-state index is 5.97. The fraction of sp³-hybridized carbons (Fsp3) is 0.300. The van der Waals surface area contributed by atoms with Gasteiger partial charge in [0.15, 0.2) is 5.16 Å². The van der Waals surface area contributed by atoms with E-state index in [1.807, 2.05) is 29.5 Å². The molecule has 0 radical (unpaired) electrons. The van der Waals surface area contributed by atoms with E-state index >= 15 is 0 Å². The Morgan fingerprint density at radius 2 is 2.00 bits per heavy atom. The van der Waals surface area contributed by atoms with E-state index in [9.17, 15) is 0 Å². The van der Waals surface area contributed by atoms with Crippen LogP contribution in [0.3, 0.4) is 0 Å². The van der Waals surface area contributed by atoms with Gasteiger partial charge in [-0.2, -0.15) is 0 Å². The fourth-order valence-corrected chi connectivity index (χ4v) is 5.47. The minimum atomic E-state index is 0.706. The number of fused-ring (bicyclic) bond motifs is 3. The zero-order chi connectivity index (χ0) is 17.9. The first-order chi connectivity index (χ1) is 12.7. The molecule has 4 rings (SSSR count). The number of aromatic nitrogens is 2. The molecule has 1 aliphatic rings. The van der Waals surface area contributed by atoms with Gasteiger partial charge in [-0.25, -0.2) is 9.97 Å². The summed E-state index contributed by atoms with van der Waals surface area (Å²) in [6.45, 7) is 4.52. The molecule has 26 heavy (non-hydrogen) atoms. The van der Waals surface area contributed by atoms with E-state index in [4.69, 9.17) is 21.6 Å². The van der Waals surface area contributed by atoms with E-state index in [-0.39, 0.29) is 0 Å². The van der Waals surface area contributed by atoms with Crippen LogP contribution in [0.4, 0.5) is 5.82 Å². The Kier molecular flexibility index (Phi) is 5.48. The van der Waals surface area contributed by atoms with Crippen molar-refractivity contribution in [2.45, 2.75) is 36.6 Å². The van der Waals surface area contributed by atoms with Crippen molar-refractivity contribution in [3.63, 3.8) is 0 Å². The first-order valence-electron chi connectivity index (χ1n) is 8.79. The second kappa shape index (κ2) is 7.99. The van der Waals surface area contributed by atoms with Crippen LogP contribution in [0.2, 0.25) is 5.02 Å². The highest BCUT2D eigenvalue weighted by molar-refractivity contribution is 7.98. The molecule has 134 valence electrons. The van der Waals surface area contributed by atoms with Crippen molar-refractivity contribution in [2.24, 2.45) is 0 Å². The summed E-state index contributed by atoms with van der Waals surface area (Å²) in [5.74, 6) is 1.78. The third-order valence-corrected chi connectivity index (χ3v) is 6.85. The molecular formula is C20H20ClN3S2. The van der Waals surface area contributed by atoms with Gasteiger partial charge in [0.1, 0.15) is 10.6 Å². The van der Waals surface area contributed by atoms with Crippen LogP contribution < -0.4 is 5.32 Å². The normalized spacial score (nSPS) is 13.6. The predicted octanol–water partition coefficient (Wildman–Crippen LogP) is 6.11. The van der Waals surface area contributed by atoms with E-state index in [2.05, 4.69) is 24.0 Å². The monoisotopic (exact) mass is 401 g/mol. The molecule has 0 amide bonds. The number of anilines is 1. The molecule has 0 unspecified atom stereocenters. The average Bonchev–Trinajstić information content (AvgIpc) is 3.04. The molecule has 0 aliphatic heterocycles. The summed E-state index contributed by atoms with van der Waals surface area (Å²) in [5.41, 5.74) is 2.67. The van der Waals surface area contributed by atoms with E-state index in [1.54, 1.807) is 11.8 Å². The number of benzene rings is 1. The summed E-state index contributed by atoms with van der Waals surface area (Å²) in [6.07, 6.45) is 6.71. The van der Waals surface area contributed by atoms with Crippen molar-refractivity contribution in [1.29, 1.82) is 0 Å². The van der Waals surface area contributed by atoms with Gasteiger partial charge in [0.05, 0.1) is 5.39 Å². The SMILES string of the molecule is C=CCNc1nc(SCc2ccc(Cl)cc2)nc2sc3c(c12)CCCC3. The minimum absolute atomic E-state index is 0.706. The quantitative estimate of drug-likeness (QED) is 0.307. The summed E-state index contributed by atoms with van der Waals surface area (Å²) in [4.78, 5) is 12.3. The van der Waals surface area contributed by atoms with Crippen LogP contribution in [0, 0.1) is 0 Å². The molecule has 0 saturated carbocycles. The highest BCUT2D eigenvalue weighted by Crippen LogP contribution is 2.39. The molecule has 1 N–H and O–H groups in total. The molecule has 0 fully saturated rings. The molecule has 0 atom stereocenters. The second-order valence-electron chi connectivity index (χ2n) is 6.33. The van der Waals surface area contributed by atoms with Gasteiger partial charge >= 0.3 is 0 Å². The summed E-state index contributed by atoms with van der Waals surface area (Å²) in [6, 6.07) is 7.95. The predicted molar refractivity (Wildman–Crippen MR) is 114 cm³/mol. The summed E-state index contributed by atoms with van der Waals surface area (Å²) < 4.78 is 0. The highest BCUT2D eigenvalue weighted by atomic mass is 35.5. The van der Waals surface area contributed by atoms with E-state index in [0.717, 1.165) is 33.0 Å². The van der Waals surface area contributed by atoms with E-state index in [0.29, 0.717) is 6.54 Å². The van der Waals surface area contributed by atoms with Crippen LogP contribution in [0.25, 0.3) is 10.2 Å². The summed E-state index contributed by atoms with van der Waals surface area (Å²) in [7, 11) is 0. The first kappa shape index (κ1) is 17.8. The Morgan fingerprint density at radius 1 is 1.19 bits per heavy atom. The number of hydrogen-bond acceptors (Lipinski definition) is 5. The third kappa shape index (κ3) is 3.75. The molecule has 6 heteroatoms. The zero-order valence-corrected chi connectivity index (χ0v) is 16.8. The Balaban J connectivity index is 1.66. The molecule has 2 aromatic heterocycles. The number of aryl methyl sites for hydroxylation is 2. The lowest BCUT2D eigenvalue weighted by Crippen LogP contribution is -2.05. The highest BCUT2D eigenvalue weighted by Gasteiger charge is 2.21. The third-order valence-electron chi connectivity index (χ3n) is 4.49.